The van der Waals surface area contributed by atoms with E-state index < -0.39 is 58.0 Å². The van der Waals surface area contributed by atoms with Gasteiger partial charge in [0.15, 0.2) is 11.4 Å². The third-order valence-corrected chi connectivity index (χ3v) is 7.80. The summed E-state index contributed by atoms with van der Waals surface area (Å²) in [5.74, 6) is -7.18. The molecule has 7 N–H and O–H groups in total. The minimum absolute atomic E-state index is 0.00836. The smallest absolute Gasteiger partial charge is 0.255 e. The van der Waals surface area contributed by atoms with E-state index in [1.165, 1.54) is 11.8 Å². The van der Waals surface area contributed by atoms with Crippen molar-refractivity contribution < 1.29 is 39.6 Å². The second-order valence-corrected chi connectivity index (χ2v) is 10.1. The van der Waals surface area contributed by atoms with Gasteiger partial charge >= 0.3 is 0 Å². The molecule has 1 aromatic rings. The van der Waals surface area contributed by atoms with E-state index in [9.17, 15) is 39.6 Å². The minimum atomic E-state index is -2.68. The number of fused-ring (bicyclic) bond motifs is 3. The van der Waals surface area contributed by atoms with Gasteiger partial charge in [0.25, 0.3) is 5.91 Å². The van der Waals surface area contributed by atoms with Gasteiger partial charge in [-0.05, 0) is 50.4 Å². The van der Waals surface area contributed by atoms with Gasteiger partial charge in [-0.2, -0.15) is 0 Å². The number of ketones is 2. The van der Waals surface area contributed by atoms with Crippen molar-refractivity contribution in [2.45, 2.75) is 51.3 Å². The van der Waals surface area contributed by atoms with Crippen molar-refractivity contribution in [1.29, 1.82) is 0 Å². The van der Waals surface area contributed by atoms with E-state index in [0.717, 1.165) is 5.56 Å². The number of hydrogen-bond acceptors (Lipinski definition) is 9. The third kappa shape index (κ3) is 3.72. The highest BCUT2D eigenvalue weighted by Gasteiger charge is 2.64. The number of nitrogens with zero attached hydrogens (tertiary/aromatic N) is 1. The second kappa shape index (κ2) is 9.00. The molecule has 0 spiro atoms. The molecule has 4 rings (SSSR count). The molecule has 0 unspecified atom stereocenters. The number of amides is 2. The van der Waals surface area contributed by atoms with E-state index in [2.05, 4.69) is 5.32 Å². The van der Waals surface area contributed by atoms with E-state index in [1.807, 2.05) is 6.92 Å². The number of aromatic hydroxyl groups is 1. The first-order valence-corrected chi connectivity index (χ1v) is 12.0. The number of carbonyl (C=O) groups is 4. The number of rotatable bonds is 5. The zero-order valence-electron chi connectivity index (χ0n) is 21.1. The highest BCUT2D eigenvalue weighted by Crippen LogP contribution is 2.53. The lowest BCUT2D eigenvalue weighted by Crippen LogP contribution is -2.65. The number of aliphatic hydroxyl groups is 3. The number of carbonyl (C=O) groups excluding carboxylic acids is 4. The lowest BCUT2D eigenvalue weighted by molar-refractivity contribution is -0.153. The average Bonchev–Trinajstić information content (AvgIpc) is 2.80. The molecule has 1 saturated carbocycles. The molecule has 4 atom stereocenters. The summed E-state index contributed by atoms with van der Waals surface area (Å²) in [4.78, 5) is 51.9. The number of phenols is 1. The van der Waals surface area contributed by atoms with Crippen molar-refractivity contribution in [3.63, 3.8) is 0 Å². The van der Waals surface area contributed by atoms with Gasteiger partial charge in [0.1, 0.15) is 22.8 Å². The van der Waals surface area contributed by atoms with E-state index in [1.54, 1.807) is 20.2 Å². The van der Waals surface area contributed by atoms with Crippen LogP contribution >= 0.6 is 0 Å². The van der Waals surface area contributed by atoms with Crippen LogP contribution in [0.2, 0.25) is 0 Å². The second-order valence-electron chi connectivity index (χ2n) is 10.1. The molecule has 0 aromatic heterocycles. The molecular formula is C26H31N3O8. The van der Waals surface area contributed by atoms with Gasteiger partial charge in [-0.15, -0.1) is 0 Å². The van der Waals surface area contributed by atoms with Gasteiger partial charge in [0.05, 0.1) is 11.6 Å². The molecular weight excluding hydrogens is 482 g/mol. The number of primary amides is 1. The SMILES string of the molecule is CCc1cc(CNC(C)=O)c(O)c2c1C[C@H]1C[C@H]3[C@H](N(C)C)C(=O)C(C(N)=O)=C(O)[C@@]3(O)C(=O)C1=C2O. The summed E-state index contributed by atoms with van der Waals surface area (Å²) in [6.45, 7) is 3.21. The highest BCUT2D eigenvalue weighted by molar-refractivity contribution is 6.24. The van der Waals surface area contributed by atoms with Gasteiger partial charge < -0.3 is 31.5 Å². The topological polar surface area (TPSA) is 190 Å². The van der Waals surface area contributed by atoms with Gasteiger partial charge in [0.2, 0.25) is 11.7 Å². The number of nitrogens with two attached hydrogens (primary N) is 1. The number of hydrogen-bond donors (Lipinski definition) is 6. The van der Waals surface area contributed by atoms with E-state index >= 15 is 0 Å². The highest BCUT2D eigenvalue weighted by atomic mass is 16.3. The monoisotopic (exact) mass is 513 g/mol. The van der Waals surface area contributed by atoms with Gasteiger partial charge in [-0.25, -0.2) is 0 Å². The Morgan fingerprint density at radius 3 is 2.38 bits per heavy atom. The van der Waals surface area contributed by atoms with E-state index in [-0.39, 0.29) is 42.2 Å². The molecule has 1 aromatic carbocycles. The Bertz CT molecular complexity index is 1310. The van der Waals surface area contributed by atoms with Crippen LogP contribution in [0.4, 0.5) is 0 Å². The predicted octanol–water partition coefficient (Wildman–Crippen LogP) is 0.163. The molecule has 37 heavy (non-hydrogen) atoms. The molecule has 3 aliphatic carbocycles. The number of aryl methyl sites for hydroxylation is 1. The molecule has 0 radical (unpaired) electrons. The van der Waals surface area contributed by atoms with Crippen LogP contribution in [0, 0.1) is 11.8 Å². The van der Waals surface area contributed by atoms with Crippen molar-refractivity contribution in [3.05, 3.63) is 45.2 Å². The summed E-state index contributed by atoms with van der Waals surface area (Å²) in [7, 11) is 3.11. The molecule has 1 fully saturated rings. The van der Waals surface area contributed by atoms with Crippen LogP contribution in [-0.4, -0.2) is 74.4 Å². The number of likely N-dealkylation sites (N-methyl/N-ethyl adjacent to an activating group) is 1. The Kier molecular flexibility index (Phi) is 6.41. The Labute approximate surface area is 213 Å². The first-order valence-electron chi connectivity index (χ1n) is 12.0. The molecule has 11 heteroatoms. The summed E-state index contributed by atoms with van der Waals surface area (Å²) >= 11 is 0. The molecule has 11 nitrogen and oxygen atoms in total. The fourth-order valence-corrected chi connectivity index (χ4v) is 6.12. The van der Waals surface area contributed by atoms with Crippen molar-refractivity contribution in [2.24, 2.45) is 17.6 Å². The van der Waals surface area contributed by atoms with Crippen LogP contribution in [0.15, 0.2) is 23.0 Å². The molecule has 0 bridgehead atoms. The largest absolute Gasteiger partial charge is 0.508 e. The lowest BCUT2D eigenvalue weighted by Gasteiger charge is -2.50. The fraction of sp³-hybridized carbons (Fsp3) is 0.462. The molecule has 198 valence electrons. The molecule has 2 amide bonds. The first kappa shape index (κ1) is 26.4. The summed E-state index contributed by atoms with van der Waals surface area (Å²) < 4.78 is 0. The third-order valence-electron chi connectivity index (χ3n) is 7.80. The van der Waals surface area contributed by atoms with Crippen LogP contribution in [0.1, 0.15) is 42.5 Å². The maximum atomic E-state index is 13.9. The lowest BCUT2D eigenvalue weighted by atomic mass is 9.57. The Hall–Kier alpha value is -3.70. The molecule has 3 aliphatic rings. The van der Waals surface area contributed by atoms with Crippen LogP contribution < -0.4 is 11.1 Å². The summed E-state index contributed by atoms with van der Waals surface area (Å²) in [5, 5.41) is 47.5. The van der Waals surface area contributed by atoms with Crippen molar-refractivity contribution in [1.82, 2.24) is 10.2 Å². The maximum Gasteiger partial charge on any atom is 0.255 e. The zero-order chi connectivity index (χ0) is 27.6. The summed E-state index contributed by atoms with van der Waals surface area (Å²) in [6, 6.07) is 0.612. The number of Topliss-reactive ketones (excluding diaryl/α,β-unsaturated/α-hetero) is 2. The maximum absolute atomic E-state index is 13.9. The Morgan fingerprint density at radius 1 is 1.19 bits per heavy atom. The molecule has 0 saturated heterocycles. The predicted molar refractivity (Wildman–Crippen MR) is 131 cm³/mol. The summed E-state index contributed by atoms with van der Waals surface area (Å²) in [6.07, 6.45) is 0.797. The molecule has 0 aliphatic heterocycles. The van der Waals surface area contributed by atoms with Gasteiger partial charge in [0, 0.05) is 30.5 Å². The average molecular weight is 514 g/mol. The van der Waals surface area contributed by atoms with Crippen LogP contribution in [-0.2, 0) is 38.6 Å². The quantitative estimate of drug-likeness (QED) is 0.298. The number of benzene rings is 1. The number of nitrogens with one attached hydrogen (secondary N) is 1. The van der Waals surface area contributed by atoms with E-state index in [0.29, 0.717) is 17.5 Å². The molecule has 0 heterocycles. The zero-order valence-corrected chi connectivity index (χ0v) is 21.1. The van der Waals surface area contributed by atoms with Crippen molar-refractivity contribution in [2.75, 3.05) is 14.1 Å². The van der Waals surface area contributed by atoms with Gasteiger partial charge in [-0.3, -0.25) is 24.1 Å². The van der Waals surface area contributed by atoms with Crippen LogP contribution in [0.3, 0.4) is 0 Å². The summed E-state index contributed by atoms with van der Waals surface area (Å²) in [5.41, 5.74) is 3.38. The fourth-order valence-electron chi connectivity index (χ4n) is 6.12. The first-order chi connectivity index (χ1) is 17.3. The Morgan fingerprint density at radius 2 is 1.84 bits per heavy atom. The van der Waals surface area contributed by atoms with Crippen molar-refractivity contribution in [3.8, 4) is 5.75 Å². The Balaban J connectivity index is 1.95. The normalized spacial score (nSPS) is 27.1. The van der Waals surface area contributed by atoms with Crippen LogP contribution in [0.25, 0.3) is 5.76 Å². The van der Waals surface area contributed by atoms with Gasteiger partial charge in [-0.1, -0.05) is 13.0 Å². The number of aliphatic hydroxyl groups excluding tert-OH is 2. The van der Waals surface area contributed by atoms with Crippen LogP contribution in [0.5, 0.6) is 5.75 Å². The standard InChI is InChI=1S/C26H31N3O8/c1-5-11-6-13(9-28-10(2)30)20(31)17-14(11)7-12-8-15-19(29(3)4)22(33)18(25(27)36)24(35)26(15,37)23(34)16(12)21(17)32/h6,12,15,19,31-32,35,37H,5,7-9H2,1-4H3,(H2,27,36)(H,28,30)/t12-,15-,19-,26-/m0/s1. The number of phenolic OH excluding ortho intramolecular Hbond substituents is 1. The minimum Gasteiger partial charge on any atom is -0.508 e. The van der Waals surface area contributed by atoms with E-state index in [4.69, 9.17) is 5.73 Å². The van der Waals surface area contributed by atoms with Crippen molar-refractivity contribution >= 4 is 29.1 Å².